The summed E-state index contributed by atoms with van der Waals surface area (Å²) in [6.07, 6.45) is 0.645. The van der Waals surface area contributed by atoms with Crippen molar-refractivity contribution in [3.8, 4) is 11.8 Å². The average Bonchev–Trinajstić information content (AvgIpc) is 2.92. The predicted octanol–water partition coefficient (Wildman–Crippen LogP) is 4.06. The lowest BCUT2D eigenvalue weighted by atomic mass is 10.1. The second-order valence-electron chi connectivity index (χ2n) is 6.16. The first-order chi connectivity index (χ1) is 12.6. The van der Waals surface area contributed by atoms with Gasteiger partial charge in [-0.2, -0.15) is 5.26 Å². The van der Waals surface area contributed by atoms with Crippen LogP contribution in [0.1, 0.15) is 22.5 Å². The van der Waals surface area contributed by atoms with Gasteiger partial charge in [0.15, 0.2) is 0 Å². The summed E-state index contributed by atoms with van der Waals surface area (Å²) in [5.74, 6) is 0.285. The molecule has 3 aromatic rings. The Hall–Kier alpha value is -3.26. The van der Waals surface area contributed by atoms with Gasteiger partial charge in [-0.05, 0) is 42.8 Å². The zero-order valence-electron chi connectivity index (χ0n) is 14.6. The molecule has 0 aliphatic heterocycles. The summed E-state index contributed by atoms with van der Waals surface area (Å²) in [5.41, 5.74) is 10.5. The van der Waals surface area contributed by atoms with Gasteiger partial charge in [-0.15, -0.1) is 0 Å². The number of aromatic nitrogens is 1. The molecule has 3 rings (SSSR count). The van der Waals surface area contributed by atoms with E-state index in [2.05, 4.69) is 12.1 Å². The van der Waals surface area contributed by atoms with Crippen LogP contribution < -0.4 is 10.5 Å². The SMILES string of the molecule is Cc1cccc(Cc2c(N)cc(C#N)n2CCOc2ccc(F)cc2)c1. The number of anilines is 1. The summed E-state index contributed by atoms with van der Waals surface area (Å²) < 4.78 is 20.5. The van der Waals surface area contributed by atoms with Gasteiger partial charge in [-0.3, -0.25) is 0 Å². The number of nitrogen functional groups attached to an aromatic ring is 1. The molecule has 0 fully saturated rings. The molecule has 132 valence electrons. The monoisotopic (exact) mass is 349 g/mol. The topological polar surface area (TPSA) is 64.0 Å². The highest BCUT2D eigenvalue weighted by Gasteiger charge is 2.14. The first-order valence-corrected chi connectivity index (χ1v) is 8.38. The van der Waals surface area contributed by atoms with Gasteiger partial charge in [-0.25, -0.2) is 4.39 Å². The molecule has 2 N–H and O–H groups in total. The minimum atomic E-state index is -0.303. The quantitative estimate of drug-likeness (QED) is 0.730. The molecular formula is C21H20FN3O. The van der Waals surface area contributed by atoms with Crippen LogP contribution in [-0.4, -0.2) is 11.2 Å². The lowest BCUT2D eigenvalue weighted by Gasteiger charge is -2.13. The standard InChI is InChI=1S/C21H20FN3O/c1-15-3-2-4-16(11-15)12-21-20(24)13-18(14-23)25(21)9-10-26-19-7-5-17(22)6-8-19/h2-8,11,13H,9-10,12,24H2,1H3. The first-order valence-electron chi connectivity index (χ1n) is 8.38. The molecule has 1 aromatic heterocycles. The van der Waals surface area contributed by atoms with Crippen molar-refractivity contribution in [1.82, 2.24) is 4.57 Å². The molecule has 2 aromatic carbocycles. The van der Waals surface area contributed by atoms with Gasteiger partial charge < -0.3 is 15.0 Å². The molecule has 0 aliphatic carbocycles. The maximum atomic E-state index is 13.0. The molecule has 0 spiro atoms. The zero-order chi connectivity index (χ0) is 18.5. The Bertz CT molecular complexity index is 939. The second kappa shape index (κ2) is 7.75. The number of nitrogens with two attached hydrogens (primary N) is 1. The number of aryl methyl sites for hydroxylation is 1. The molecule has 4 nitrogen and oxygen atoms in total. The van der Waals surface area contributed by atoms with Crippen LogP contribution in [0.4, 0.5) is 10.1 Å². The van der Waals surface area contributed by atoms with E-state index >= 15 is 0 Å². The summed E-state index contributed by atoms with van der Waals surface area (Å²) >= 11 is 0. The summed E-state index contributed by atoms with van der Waals surface area (Å²) in [6.45, 7) is 2.89. The highest BCUT2D eigenvalue weighted by atomic mass is 19.1. The van der Waals surface area contributed by atoms with E-state index in [0.29, 0.717) is 36.7 Å². The fourth-order valence-electron chi connectivity index (χ4n) is 2.96. The van der Waals surface area contributed by atoms with Crippen molar-refractivity contribution in [2.45, 2.75) is 19.9 Å². The molecule has 0 saturated carbocycles. The zero-order valence-corrected chi connectivity index (χ0v) is 14.6. The van der Waals surface area contributed by atoms with Crippen LogP contribution in [0.25, 0.3) is 0 Å². The number of hydrogen-bond acceptors (Lipinski definition) is 3. The fourth-order valence-corrected chi connectivity index (χ4v) is 2.96. The number of ether oxygens (including phenoxy) is 1. The molecule has 0 bridgehead atoms. The molecule has 0 atom stereocenters. The number of hydrogen-bond donors (Lipinski definition) is 1. The highest BCUT2D eigenvalue weighted by Crippen LogP contribution is 2.22. The molecule has 0 unspecified atom stereocenters. The summed E-state index contributed by atoms with van der Waals surface area (Å²) in [6, 6.07) is 18.0. The molecule has 0 radical (unpaired) electrons. The molecule has 1 heterocycles. The lowest BCUT2D eigenvalue weighted by Crippen LogP contribution is -2.13. The molecular weight excluding hydrogens is 329 g/mol. The predicted molar refractivity (Wildman–Crippen MR) is 99.4 cm³/mol. The van der Waals surface area contributed by atoms with E-state index in [4.69, 9.17) is 10.5 Å². The normalized spacial score (nSPS) is 10.5. The minimum Gasteiger partial charge on any atom is -0.492 e. The highest BCUT2D eigenvalue weighted by molar-refractivity contribution is 5.52. The van der Waals surface area contributed by atoms with Gasteiger partial charge in [0.2, 0.25) is 0 Å². The third-order valence-corrected chi connectivity index (χ3v) is 4.21. The average molecular weight is 349 g/mol. The number of halogens is 1. The van der Waals surface area contributed by atoms with E-state index in [1.54, 1.807) is 18.2 Å². The first kappa shape index (κ1) is 17.6. The van der Waals surface area contributed by atoms with Gasteiger partial charge in [0, 0.05) is 12.1 Å². The Morgan fingerprint density at radius 1 is 1.15 bits per heavy atom. The molecule has 5 heteroatoms. The van der Waals surface area contributed by atoms with E-state index in [-0.39, 0.29) is 5.82 Å². The van der Waals surface area contributed by atoms with Gasteiger partial charge in [0.25, 0.3) is 0 Å². The molecule has 26 heavy (non-hydrogen) atoms. The Balaban J connectivity index is 1.77. The van der Waals surface area contributed by atoms with E-state index in [1.807, 2.05) is 29.7 Å². The number of nitrogens with zero attached hydrogens (tertiary/aromatic N) is 2. The summed E-state index contributed by atoms with van der Waals surface area (Å²) in [7, 11) is 0. The van der Waals surface area contributed by atoms with E-state index in [0.717, 1.165) is 11.3 Å². The van der Waals surface area contributed by atoms with Crippen molar-refractivity contribution >= 4 is 5.69 Å². The minimum absolute atomic E-state index is 0.303. The Labute approximate surface area is 152 Å². The lowest BCUT2D eigenvalue weighted by molar-refractivity contribution is 0.296. The van der Waals surface area contributed by atoms with E-state index in [1.165, 1.54) is 17.7 Å². The van der Waals surface area contributed by atoms with E-state index in [9.17, 15) is 9.65 Å². The number of nitriles is 1. The van der Waals surface area contributed by atoms with Crippen molar-refractivity contribution in [2.75, 3.05) is 12.3 Å². The Kier molecular flexibility index (Phi) is 5.23. The van der Waals surface area contributed by atoms with Crippen LogP contribution in [0, 0.1) is 24.1 Å². The van der Waals surface area contributed by atoms with Gasteiger partial charge in [0.1, 0.15) is 29.9 Å². The number of rotatable bonds is 6. The van der Waals surface area contributed by atoms with Crippen LogP contribution in [-0.2, 0) is 13.0 Å². The van der Waals surface area contributed by atoms with Crippen molar-refractivity contribution in [3.05, 3.63) is 82.9 Å². The van der Waals surface area contributed by atoms with Crippen molar-refractivity contribution in [2.24, 2.45) is 0 Å². The maximum absolute atomic E-state index is 13.0. The van der Waals surface area contributed by atoms with Crippen molar-refractivity contribution < 1.29 is 9.13 Å². The van der Waals surface area contributed by atoms with Gasteiger partial charge in [0.05, 0.1) is 12.2 Å². The van der Waals surface area contributed by atoms with Gasteiger partial charge >= 0.3 is 0 Å². The summed E-state index contributed by atoms with van der Waals surface area (Å²) in [5, 5.41) is 9.40. The van der Waals surface area contributed by atoms with Crippen LogP contribution >= 0.6 is 0 Å². The third-order valence-electron chi connectivity index (χ3n) is 4.21. The second-order valence-corrected chi connectivity index (χ2v) is 6.16. The third kappa shape index (κ3) is 4.04. The Morgan fingerprint density at radius 3 is 2.62 bits per heavy atom. The van der Waals surface area contributed by atoms with E-state index < -0.39 is 0 Å². The van der Waals surface area contributed by atoms with Crippen LogP contribution in [0.3, 0.4) is 0 Å². The molecule has 0 saturated heterocycles. The smallest absolute Gasteiger partial charge is 0.123 e. The number of benzene rings is 2. The fraction of sp³-hybridized carbons (Fsp3) is 0.190. The van der Waals surface area contributed by atoms with Crippen LogP contribution in [0.5, 0.6) is 5.75 Å². The maximum Gasteiger partial charge on any atom is 0.123 e. The largest absolute Gasteiger partial charge is 0.492 e. The van der Waals surface area contributed by atoms with Crippen molar-refractivity contribution in [3.63, 3.8) is 0 Å². The van der Waals surface area contributed by atoms with Crippen molar-refractivity contribution in [1.29, 1.82) is 5.26 Å². The van der Waals surface area contributed by atoms with Gasteiger partial charge in [-0.1, -0.05) is 29.8 Å². The molecule has 0 aliphatic rings. The van der Waals surface area contributed by atoms with Crippen LogP contribution in [0.15, 0.2) is 54.6 Å². The Morgan fingerprint density at radius 2 is 1.92 bits per heavy atom. The van der Waals surface area contributed by atoms with Crippen LogP contribution in [0.2, 0.25) is 0 Å². The summed E-state index contributed by atoms with van der Waals surface area (Å²) in [4.78, 5) is 0. The molecule has 0 amide bonds.